The van der Waals surface area contributed by atoms with Crippen molar-refractivity contribution in [3.8, 4) is 0 Å². The first-order valence-corrected chi connectivity index (χ1v) is 6.68. The van der Waals surface area contributed by atoms with E-state index in [0.717, 1.165) is 16.5 Å². The van der Waals surface area contributed by atoms with Gasteiger partial charge in [-0.3, -0.25) is 14.7 Å². The van der Waals surface area contributed by atoms with Gasteiger partial charge < -0.3 is 5.11 Å². The molecule has 0 amide bonds. The van der Waals surface area contributed by atoms with Crippen LogP contribution in [0.2, 0.25) is 5.02 Å². The minimum absolute atomic E-state index is 0.490. The number of carbonyl (C=O) groups is 1. The summed E-state index contributed by atoms with van der Waals surface area (Å²) in [4.78, 5) is 17.4. The number of carboxylic acid groups (broad SMARTS) is 1. The molecule has 2 rings (SSSR count). The topological polar surface area (TPSA) is 53.4 Å². The normalized spacial score (nSPS) is 12.1. The lowest BCUT2D eigenvalue weighted by Gasteiger charge is -2.31. The molecule has 2 aromatic rings. The van der Waals surface area contributed by atoms with Crippen molar-refractivity contribution in [2.45, 2.75) is 25.9 Å². The minimum Gasteiger partial charge on any atom is -0.480 e. The van der Waals surface area contributed by atoms with Gasteiger partial charge in [0.05, 0.1) is 5.52 Å². The molecule has 1 N–H and O–H groups in total. The molecule has 0 aliphatic heterocycles. The highest BCUT2D eigenvalue weighted by Gasteiger charge is 2.32. The van der Waals surface area contributed by atoms with Crippen LogP contribution in [0.1, 0.15) is 19.4 Å². The molecule has 0 aliphatic carbocycles. The minimum atomic E-state index is -0.944. The first-order valence-electron chi connectivity index (χ1n) is 6.31. The third-order valence-electron chi connectivity index (χ3n) is 3.69. The number of pyridine rings is 1. The summed E-state index contributed by atoms with van der Waals surface area (Å²) in [6, 6.07) is 7.47. The highest BCUT2D eigenvalue weighted by atomic mass is 35.5. The van der Waals surface area contributed by atoms with Crippen molar-refractivity contribution >= 4 is 28.5 Å². The fourth-order valence-corrected chi connectivity index (χ4v) is 2.16. The SMILES string of the molecule is CN(Cc1ccc(Cl)c2cccnc12)C(C)(C)C(=O)O. The first-order chi connectivity index (χ1) is 9.34. The molecule has 1 aromatic carbocycles. The van der Waals surface area contributed by atoms with Crippen LogP contribution in [0.4, 0.5) is 0 Å². The second kappa shape index (κ2) is 5.38. The summed E-state index contributed by atoms with van der Waals surface area (Å²) in [6.07, 6.45) is 1.71. The Labute approximate surface area is 123 Å². The maximum atomic E-state index is 11.3. The number of likely N-dealkylation sites (N-methyl/N-ethyl adjacent to an activating group) is 1. The summed E-state index contributed by atoms with van der Waals surface area (Å²) in [5.74, 6) is -0.855. The van der Waals surface area contributed by atoms with Crippen LogP contribution >= 0.6 is 11.6 Å². The Hall–Kier alpha value is -1.65. The Bertz CT molecular complexity index is 655. The summed E-state index contributed by atoms with van der Waals surface area (Å²) in [7, 11) is 1.79. The number of rotatable bonds is 4. The van der Waals surface area contributed by atoms with Gasteiger partial charge in [0.1, 0.15) is 5.54 Å². The predicted octanol–water partition coefficient (Wildman–Crippen LogP) is 3.18. The molecule has 106 valence electrons. The summed E-state index contributed by atoms with van der Waals surface area (Å²) in [5, 5.41) is 10.8. The molecule has 20 heavy (non-hydrogen) atoms. The Balaban J connectivity index is 2.40. The van der Waals surface area contributed by atoms with Gasteiger partial charge in [0.25, 0.3) is 0 Å². The van der Waals surface area contributed by atoms with Crippen molar-refractivity contribution in [2.75, 3.05) is 7.05 Å². The molecule has 0 aliphatic rings. The Morgan fingerprint density at radius 1 is 1.40 bits per heavy atom. The molecule has 0 unspecified atom stereocenters. The summed E-state index contributed by atoms with van der Waals surface area (Å²) in [5.41, 5.74) is 0.829. The van der Waals surface area contributed by atoms with Gasteiger partial charge in [-0.2, -0.15) is 0 Å². The van der Waals surface area contributed by atoms with Gasteiger partial charge >= 0.3 is 5.97 Å². The standard InChI is InChI=1S/C15H17ClN2O2/c1-15(2,14(19)20)18(3)9-10-6-7-12(16)11-5-4-8-17-13(10)11/h4-8H,9H2,1-3H3,(H,19,20). The van der Waals surface area contributed by atoms with Gasteiger partial charge in [0.2, 0.25) is 0 Å². The van der Waals surface area contributed by atoms with Crippen molar-refractivity contribution in [2.24, 2.45) is 0 Å². The zero-order valence-corrected chi connectivity index (χ0v) is 12.5. The van der Waals surface area contributed by atoms with Crippen molar-refractivity contribution in [1.29, 1.82) is 0 Å². The van der Waals surface area contributed by atoms with Crippen LogP contribution < -0.4 is 0 Å². The fourth-order valence-electron chi connectivity index (χ4n) is 1.94. The zero-order valence-electron chi connectivity index (χ0n) is 11.7. The molecule has 0 saturated heterocycles. The Morgan fingerprint density at radius 2 is 2.10 bits per heavy atom. The molecule has 1 heterocycles. The van der Waals surface area contributed by atoms with E-state index < -0.39 is 11.5 Å². The number of hydrogen-bond donors (Lipinski definition) is 1. The highest BCUT2D eigenvalue weighted by Crippen LogP contribution is 2.26. The molecule has 0 fully saturated rings. The average molecular weight is 293 g/mol. The van der Waals surface area contributed by atoms with Crippen molar-refractivity contribution in [3.05, 3.63) is 41.0 Å². The molecule has 4 nitrogen and oxygen atoms in total. The van der Waals surface area contributed by atoms with Crippen molar-refractivity contribution < 1.29 is 9.90 Å². The molecule has 0 bridgehead atoms. The molecular formula is C15H17ClN2O2. The second-order valence-electron chi connectivity index (χ2n) is 5.33. The lowest BCUT2D eigenvalue weighted by atomic mass is 10.0. The smallest absolute Gasteiger partial charge is 0.323 e. The van der Waals surface area contributed by atoms with Gasteiger partial charge in [-0.25, -0.2) is 0 Å². The van der Waals surface area contributed by atoms with Crippen LogP contribution in [0.5, 0.6) is 0 Å². The van der Waals surface area contributed by atoms with Gasteiger partial charge in [0, 0.05) is 23.2 Å². The number of fused-ring (bicyclic) bond motifs is 1. The van der Waals surface area contributed by atoms with Gasteiger partial charge in [0.15, 0.2) is 0 Å². The van der Waals surface area contributed by atoms with E-state index in [-0.39, 0.29) is 0 Å². The van der Waals surface area contributed by atoms with Crippen LogP contribution in [0, 0.1) is 0 Å². The molecule has 0 atom stereocenters. The van der Waals surface area contributed by atoms with E-state index in [1.807, 2.05) is 24.3 Å². The molecule has 0 saturated carbocycles. The quantitative estimate of drug-likeness (QED) is 0.940. The maximum absolute atomic E-state index is 11.3. The molecular weight excluding hydrogens is 276 g/mol. The van der Waals surface area contributed by atoms with E-state index >= 15 is 0 Å². The number of aliphatic carboxylic acids is 1. The molecule has 5 heteroatoms. The monoisotopic (exact) mass is 292 g/mol. The lowest BCUT2D eigenvalue weighted by Crippen LogP contribution is -2.47. The van der Waals surface area contributed by atoms with Gasteiger partial charge in [-0.05, 0) is 44.7 Å². The average Bonchev–Trinajstić information content (AvgIpc) is 2.42. The largest absolute Gasteiger partial charge is 0.480 e. The number of aromatic nitrogens is 1. The lowest BCUT2D eigenvalue weighted by molar-refractivity contribution is -0.148. The number of carboxylic acids is 1. The summed E-state index contributed by atoms with van der Waals surface area (Å²) in [6.45, 7) is 3.85. The van der Waals surface area contributed by atoms with Crippen LogP contribution in [0.25, 0.3) is 10.9 Å². The van der Waals surface area contributed by atoms with E-state index in [1.54, 1.807) is 32.0 Å². The predicted molar refractivity (Wildman–Crippen MR) is 79.9 cm³/mol. The van der Waals surface area contributed by atoms with Crippen LogP contribution in [0.15, 0.2) is 30.5 Å². The molecule has 0 radical (unpaired) electrons. The van der Waals surface area contributed by atoms with Crippen molar-refractivity contribution in [1.82, 2.24) is 9.88 Å². The summed E-state index contributed by atoms with van der Waals surface area (Å²) < 4.78 is 0. The van der Waals surface area contributed by atoms with E-state index in [2.05, 4.69) is 4.98 Å². The second-order valence-corrected chi connectivity index (χ2v) is 5.73. The Morgan fingerprint density at radius 3 is 2.75 bits per heavy atom. The van der Waals surface area contributed by atoms with Crippen molar-refractivity contribution in [3.63, 3.8) is 0 Å². The van der Waals surface area contributed by atoms with E-state index in [4.69, 9.17) is 11.6 Å². The Kier molecular flexibility index (Phi) is 3.97. The number of halogens is 1. The third-order valence-corrected chi connectivity index (χ3v) is 4.01. The fraction of sp³-hybridized carbons (Fsp3) is 0.333. The zero-order chi connectivity index (χ0) is 14.9. The van der Waals surface area contributed by atoms with E-state index in [9.17, 15) is 9.90 Å². The molecule has 1 aromatic heterocycles. The van der Waals surface area contributed by atoms with Gasteiger partial charge in [-0.1, -0.05) is 17.7 Å². The third kappa shape index (κ3) is 2.62. The number of benzene rings is 1. The first kappa shape index (κ1) is 14.8. The number of nitrogens with zero attached hydrogens (tertiary/aromatic N) is 2. The van der Waals surface area contributed by atoms with Crippen LogP contribution in [0.3, 0.4) is 0 Å². The van der Waals surface area contributed by atoms with Crippen LogP contribution in [-0.2, 0) is 11.3 Å². The van der Waals surface area contributed by atoms with E-state index in [0.29, 0.717) is 11.6 Å². The van der Waals surface area contributed by atoms with E-state index in [1.165, 1.54) is 0 Å². The molecule has 0 spiro atoms. The maximum Gasteiger partial charge on any atom is 0.323 e. The summed E-state index contributed by atoms with van der Waals surface area (Å²) >= 11 is 6.16. The highest BCUT2D eigenvalue weighted by molar-refractivity contribution is 6.35. The van der Waals surface area contributed by atoms with Crippen LogP contribution in [-0.4, -0.2) is 33.5 Å². The number of hydrogen-bond acceptors (Lipinski definition) is 3. The van der Waals surface area contributed by atoms with Gasteiger partial charge in [-0.15, -0.1) is 0 Å².